The Morgan fingerprint density at radius 3 is 2.66 bits per heavy atom. The van der Waals surface area contributed by atoms with Crippen molar-refractivity contribution in [2.24, 2.45) is 0 Å². The first-order chi connectivity index (χ1) is 15.6. The molecule has 1 aliphatic rings. The van der Waals surface area contributed by atoms with Crippen molar-refractivity contribution in [3.8, 4) is 0 Å². The van der Waals surface area contributed by atoms with E-state index < -0.39 is 6.09 Å². The SMILES string of the molecule is Nc1ccccc1NC(=O)c1ccc(N2CC[C@H](OC(=O)NCc3cccnc3)C2)cc1. The highest BCUT2D eigenvalue weighted by molar-refractivity contribution is 6.05. The van der Waals surface area contributed by atoms with E-state index >= 15 is 0 Å². The number of rotatable bonds is 6. The molecule has 4 rings (SSSR count). The van der Waals surface area contributed by atoms with E-state index in [-0.39, 0.29) is 12.0 Å². The Balaban J connectivity index is 1.27. The van der Waals surface area contributed by atoms with Crippen LogP contribution < -0.4 is 21.3 Å². The molecule has 0 saturated carbocycles. The van der Waals surface area contributed by atoms with Crippen molar-refractivity contribution in [1.82, 2.24) is 10.3 Å². The van der Waals surface area contributed by atoms with Crippen LogP contribution in [-0.4, -0.2) is 36.2 Å². The van der Waals surface area contributed by atoms with Crippen molar-refractivity contribution in [2.45, 2.75) is 19.1 Å². The summed E-state index contributed by atoms with van der Waals surface area (Å²) >= 11 is 0. The second-order valence-electron chi connectivity index (χ2n) is 7.57. The lowest BCUT2D eigenvalue weighted by atomic mass is 10.1. The van der Waals surface area contributed by atoms with Gasteiger partial charge in [0.1, 0.15) is 6.10 Å². The number of nitrogens with one attached hydrogen (secondary N) is 2. The topological polar surface area (TPSA) is 110 Å². The van der Waals surface area contributed by atoms with Gasteiger partial charge in [0.05, 0.1) is 17.9 Å². The number of aromatic nitrogens is 1. The molecule has 1 saturated heterocycles. The molecule has 0 bridgehead atoms. The maximum absolute atomic E-state index is 12.5. The van der Waals surface area contributed by atoms with Crippen molar-refractivity contribution in [2.75, 3.05) is 29.0 Å². The van der Waals surface area contributed by atoms with Crippen LogP contribution in [0.3, 0.4) is 0 Å². The Labute approximate surface area is 186 Å². The number of carbonyl (C=O) groups excluding carboxylic acids is 2. The lowest BCUT2D eigenvalue weighted by molar-refractivity contribution is 0.102. The van der Waals surface area contributed by atoms with Crippen LogP contribution in [-0.2, 0) is 11.3 Å². The third-order valence-electron chi connectivity index (χ3n) is 5.28. The Bertz CT molecular complexity index is 1070. The maximum atomic E-state index is 12.5. The molecule has 1 atom stereocenters. The summed E-state index contributed by atoms with van der Waals surface area (Å²) in [6.07, 6.45) is 3.51. The minimum absolute atomic E-state index is 0.187. The molecule has 2 aromatic carbocycles. The highest BCUT2D eigenvalue weighted by atomic mass is 16.6. The Morgan fingerprint density at radius 1 is 1.09 bits per heavy atom. The molecule has 0 radical (unpaired) electrons. The monoisotopic (exact) mass is 431 g/mol. The summed E-state index contributed by atoms with van der Waals surface area (Å²) in [4.78, 5) is 30.7. The molecular formula is C24H25N5O3. The molecule has 2 amide bonds. The maximum Gasteiger partial charge on any atom is 0.407 e. The van der Waals surface area contributed by atoms with E-state index in [1.54, 1.807) is 36.7 Å². The highest BCUT2D eigenvalue weighted by Gasteiger charge is 2.26. The standard InChI is InChI=1S/C24H25N5O3/c25-21-5-1-2-6-22(21)28-23(30)18-7-9-19(10-8-18)29-13-11-20(16-29)32-24(31)27-15-17-4-3-12-26-14-17/h1-10,12,14,20H,11,13,15-16,25H2,(H,27,31)(H,28,30)/t20-/m0/s1. The average Bonchev–Trinajstić information content (AvgIpc) is 3.28. The predicted molar refractivity (Wildman–Crippen MR) is 123 cm³/mol. The number of ether oxygens (including phenoxy) is 1. The minimum Gasteiger partial charge on any atom is -0.444 e. The summed E-state index contributed by atoms with van der Waals surface area (Å²) in [7, 11) is 0. The summed E-state index contributed by atoms with van der Waals surface area (Å²) in [5.41, 5.74) is 9.42. The minimum atomic E-state index is -0.437. The first kappa shape index (κ1) is 21.2. The summed E-state index contributed by atoms with van der Waals surface area (Å²) in [6, 6.07) is 18.2. The number of alkyl carbamates (subject to hydrolysis) is 1. The molecule has 2 heterocycles. The van der Waals surface area contributed by atoms with Crippen LogP contribution in [0.25, 0.3) is 0 Å². The third-order valence-corrected chi connectivity index (χ3v) is 5.28. The van der Waals surface area contributed by atoms with Crippen molar-refractivity contribution in [1.29, 1.82) is 0 Å². The van der Waals surface area contributed by atoms with Gasteiger partial charge < -0.3 is 26.0 Å². The fourth-order valence-electron chi connectivity index (χ4n) is 3.56. The number of anilines is 3. The van der Waals surface area contributed by atoms with Crippen LogP contribution in [0.2, 0.25) is 0 Å². The number of para-hydroxylation sites is 2. The van der Waals surface area contributed by atoms with Gasteiger partial charge >= 0.3 is 6.09 Å². The number of hydrogen-bond acceptors (Lipinski definition) is 6. The third kappa shape index (κ3) is 5.34. The van der Waals surface area contributed by atoms with E-state index in [1.165, 1.54) is 0 Å². The molecule has 1 aliphatic heterocycles. The molecule has 8 heteroatoms. The second-order valence-corrected chi connectivity index (χ2v) is 7.57. The van der Waals surface area contributed by atoms with Gasteiger partial charge in [-0.15, -0.1) is 0 Å². The molecule has 8 nitrogen and oxygen atoms in total. The number of nitrogens with two attached hydrogens (primary N) is 1. The lowest BCUT2D eigenvalue weighted by Crippen LogP contribution is -2.30. The molecular weight excluding hydrogens is 406 g/mol. The van der Waals surface area contributed by atoms with E-state index in [0.717, 1.165) is 24.2 Å². The van der Waals surface area contributed by atoms with Gasteiger partial charge in [-0.2, -0.15) is 0 Å². The number of hydrogen-bond donors (Lipinski definition) is 3. The Morgan fingerprint density at radius 2 is 1.91 bits per heavy atom. The number of nitrogen functional groups attached to an aromatic ring is 1. The molecule has 4 N–H and O–H groups in total. The van der Waals surface area contributed by atoms with Crippen molar-refractivity contribution < 1.29 is 14.3 Å². The zero-order chi connectivity index (χ0) is 22.3. The summed E-state index contributed by atoms with van der Waals surface area (Å²) in [6.45, 7) is 1.75. The molecule has 1 fully saturated rings. The van der Waals surface area contributed by atoms with Crippen LogP contribution in [0.1, 0.15) is 22.3 Å². The Kier molecular flexibility index (Phi) is 6.50. The predicted octanol–water partition coefficient (Wildman–Crippen LogP) is 3.42. The van der Waals surface area contributed by atoms with Gasteiger partial charge in [-0.25, -0.2) is 4.79 Å². The van der Waals surface area contributed by atoms with Crippen molar-refractivity contribution >= 4 is 29.1 Å². The molecule has 3 aromatic rings. The van der Waals surface area contributed by atoms with Gasteiger partial charge in [0.25, 0.3) is 5.91 Å². The first-order valence-electron chi connectivity index (χ1n) is 10.4. The largest absolute Gasteiger partial charge is 0.444 e. The number of amides is 2. The zero-order valence-corrected chi connectivity index (χ0v) is 17.5. The highest BCUT2D eigenvalue weighted by Crippen LogP contribution is 2.23. The second kappa shape index (κ2) is 9.82. The summed E-state index contributed by atoms with van der Waals surface area (Å²) < 4.78 is 5.54. The van der Waals surface area contributed by atoms with E-state index in [0.29, 0.717) is 30.0 Å². The fraction of sp³-hybridized carbons (Fsp3) is 0.208. The number of nitrogens with zero attached hydrogens (tertiary/aromatic N) is 2. The van der Waals surface area contributed by atoms with Crippen LogP contribution in [0.5, 0.6) is 0 Å². The van der Waals surface area contributed by atoms with Crippen molar-refractivity contribution in [3.63, 3.8) is 0 Å². The van der Waals surface area contributed by atoms with Crippen LogP contribution in [0.4, 0.5) is 21.9 Å². The smallest absolute Gasteiger partial charge is 0.407 e. The molecule has 0 spiro atoms. The number of benzene rings is 2. The quantitative estimate of drug-likeness (QED) is 0.516. The van der Waals surface area contributed by atoms with Gasteiger partial charge in [0, 0.05) is 43.2 Å². The van der Waals surface area contributed by atoms with E-state index in [2.05, 4.69) is 20.5 Å². The van der Waals surface area contributed by atoms with E-state index in [9.17, 15) is 9.59 Å². The normalized spacial score (nSPS) is 15.2. The molecule has 0 aliphatic carbocycles. The molecule has 1 aromatic heterocycles. The van der Waals surface area contributed by atoms with Crippen LogP contribution in [0, 0.1) is 0 Å². The van der Waals surface area contributed by atoms with Gasteiger partial charge in [-0.1, -0.05) is 18.2 Å². The van der Waals surface area contributed by atoms with Gasteiger partial charge in [-0.05, 0) is 48.0 Å². The Hall–Kier alpha value is -4.07. The van der Waals surface area contributed by atoms with Gasteiger partial charge in [0.15, 0.2) is 0 Å². The number of pyridine rings is 1. The van der Waals surface area contributed by atoms with E-state index in [1.807, 2.05) is 36.4 Å². The summed E-state index contributed by atoms with van der Waals surface area (Å²) in [5, 5.41) is 5.57. The zero-order valence-electron chi connectivity index (χ0n) is 17.5. The molecule has 0 unspecified atom stereocenters. The van der Waals surface area contributed by atoms with Crippen LogP contribution >= 0.6 is 0 Å². The fourth-order valence-corrected chi connectivity index (χ4v) is 3.56. The lowest BCUT2D eigenvalue weighted by Gasteiger charge is -2.19. The van der Waals surface area contributed by atoms with Crippen molar-refractivity contribution in [3.05, 3.63) is 84.2 Å². The molecule has 164 valence electrons. The number of carbonyl (C=O) groups is 2. The molecule has 32 heavy (non-hydrogen) atoms. The first-order valence-corrected chi connectivity index (χ1v) is 10.4. The summed E-state index contributed by atoms with van der Waals surface area (Å²) in [5.74, 6) is -0.220. The average molecular weight is 431 g/mol. The van der Waals surface area contributed by atoms with E-state index in [4.69, 9.17) is 10.5 Å². The van der Waals surface area contributed by atoms with Gasteiger partial charge in [-0.3, -0.25) is 9.78 Å². The van der Waals surface area contributed by atoms with Crippen LogP contribution in [0.15, 0.2) is 73.1 Å². The van der Waals surface area contributed by atoms with Gasteiger partial charge in [0.2, 0.25) is 0 Å².